The molecule has 0 saturated carbocycles. The van der Waals surface area contributed by atoms with Crippen molar-refractivity contribution in [1.82, 2.24) is 24.4 Å². The summed E-state index contributed by atoms with van der Waals surface area (Å²) in [6.45, 7) is 2.55. The van der Waals surface area contributed by atoms with Gasteiger partial charge in [-0.15, -0.1) is 10.2 Å². The molecule has 0 aliphatic carbocycles. The number of carbonyl (C=O) groups is 1. The number of likely N-dealkylation sites (tertiary alicyclic amines) is 2. The number of hydrogen-bond acceptors (Lipinski definition) is 5. The summed E-state index contributed by atoms with van der Waals surface area (Å²) in [6, 6.07) is 12.3. The maximum absolute atomic E-state index is 13.2. The highest BCUT2D eigenvalue weighted by atomic mass is 16.5. The largest absolute Gasteiger partial charge is 0.497 e. The highest BCUT2D eigenvalue weighted by molar-refractivity contribution is 5.99. The van der Waals surface area contributed by atoms with Crippen molar-refractivity contribution in [3.05, 3.63) is 60.0 Å². The van der Waals surface area contributed by atoms with Crippen molar-refractivity contribution in [3.8, 4) is 5.75 Å². The SMILES string of the molecule is COc1ccc([C@H]2[C@@H]3CN(C(=O)c4cccn5cnnc45)C[C@@H]3CN2C)cc1. The number of fused-ring (bicyclic) bond motifs is 2. The maximum Gasteiger partial charge on any atom is 0.257 e. The highest BCUT2D eigenvalue weighted by Gasteiger charge is 2.47. The molecule has 3 atom stereocenters. The summed E-state index contributed by atoms with van der Waals surface area (Å²) in [6.07, 6.45) is 3.49. The molecule has 2 aliphatic rings. The van der Waals surface area contributed by atoms with E-state index < -0.39 is 0 Å². The Morgan fingerprint density at radius 1 is 1.14 bits per heavy atom. The fourth-order valence-corrected chi connectivity index (χ4v) is 4.91. The van der Waals surface area contributed by atoms with Crippen LogP contribution in [0.3, 0.4) is 0 Å². The van der Waals surface area contributed by atoms with Crippen molar-refractivity contribution >= 4 is 11.6 Å². The molecule has 4 heterocycles. The fourth-order valence-electron chi connectivity index (χ4n) is 4.91. The summed E-state index contributed by atoms with van der Waals surface area (Å²) in [4.78, 5) is 17.6. The van der Waals surface area contributed by atoms with E-state index in [1.54, 1.807) is 17.8 Å². The number of pyridine rings is 1. The average Bonchev–Trinajstić information content (AvgIpc) is 3.41. The summed E-state index contributed by atoms with van der Waals surface area (Å²) >= 11 is 0. The number of aromatic nitrogens is 3. The zero-order chi connectivity index (χ0) is 19.3. The Morgan fingerprint density at radius 2 is 1.96 bits per heavy atom. The molecule has 1 amide bonds. The van der Waals surface area contributed by atoms with Crippen LogP contribution in [0.25, 0.3) is 5.65 Å². The van der Waals surface area contributed by atoms with Crippen molar-refractivity contribution in [2.75, 3.05) is 33.8 Å². The molecule has 2 aromatic heterocycles. The molecule has 5 rings (SSSR count). The molecule has 0 N–H and O–H groups in total. The zero-order valence-corrected chi connectivity index (χ0v) is 16.0. The number of methoxy groups -OCH3 is 1. The van der Waals surface area contributed by atoms with Gasteiger partial charge in [-0.05, 0) is 42.8 Å². The Bertz CT molecular complexity index is 1020. The van der Waals surface area contributed by atoms with Gasteiger partial charge < -0.3 is 9.64 Å². The minimum atomic E-state index is 0.0455. The van der Waals surface area contributed by atoms with Crippen LogP contribution < -0.4 is 4.74 Å². The summed E-state index contributed by atoms with van der Waals surface area (Å²) in [5.74, 6) is 1.83. The molecule has 7 nitrogen and oxygen atoms in total. The van der Waals surface area contributed by atoms with Gasteiger partial charge in [0, 0.05) is 37.8 Å². The van der Waals surface area contributed by atoms with Gasteiger partial charge in [-0.3, -0.25) is 14.1 Å². The van der Waals surface area contributed by atoms with Crippen LogP contribution in [0.5, 0.6) is 5.75 Å². The molecular weight excluding hydrogens is 354 g/mol. The van der Waals surface area contributed by atoms with Crippen LogP contribution in [0, 0.1) is 11.8 Å². The summed E-state index contributed by atoms with van der Waals surface area (Å²) in [5.41, 5.74) is 2.52. The Morgan fingerprint density at radius 3 is 2.75 bits per heavy atom. The van der Waals surface area contributed by atoms with Crippen molar-refractivity contribution in [1.29, 1.82) is 0 Å². The maximum atomic E-state index is 13.2. The number of benzene rings is 1. The Kier molecular flexibility index (Phi) is 4.05. The number of hydrogen-bond donors (Lipinski definition) is 0. The average molecular weight is 377 g/mol. The molecule has 3 aromatic rings. The summed E-state index contributed by atoms with van der Waals surface area (Å²) < 4.78 is 7.08. The minimum Gasteiger partial charge on any atom is -0.497 e. The van der Waals surface area contributed by atoms with E-state index in [9.17, 15) is 4.79 Å². The monoisotopic (exact) mass is 377 g/mol. The van der Waals surface area contributed by atoms with Crippen molar-refractivity contribution in [2.24, 2.45) is 11.8 Å². The lowest BCUT2D eigenvalue weighted by Crippen LogP contribution is -2.33. The van der Waals surface area contributed by atoms with Gasteiger partial charge in [0.1, 0.15) is 12.1 Å². The van der Waals surface area contributed by atoms with Crippen molar-refractivity contribution in [3.63, 3.8) is 0 Å². The van der Waals surface area contributed by atoms with Crippen LogP contribution in [0.15, 0.2) is 48.9 Å². The van der Waals surface area contributed by atoms with Gasteiger partial charge in [-0.1, -0.05) is 12.1 Å². The van der Waals surface area contributed by atoms with Gasteiger partial charge in [-0.2, -0.15) is 0 Å². The standard InChI is InChI=1S/C21H23N5O2/c1-24-10-15-11-26(21(27)17-4-3-9-25-13-22-23-20(17)25)12-18(15)19(24)14-5-7-16(28-2)8-6-14/h3-9,13,15,18-19H,10-12H2,1-2H3/t15-,18+,19-/m0/s1. The number of nitrogens with zero attached hydrogens (tertiary/aromatic N) is 5. The Labute approximate surface area is 163 Å². The molecule has 0 spiro atoms. The van der Waals surface area contributed by atoms with E-state index in [1.807, 2.05) is 35.4 Å². The van der Waals surface area contributed by atoms with Crippen molar-refractivity contribution < 1.29 is 9.53 Å². The van der Waals surface area contributed by atoms with Gasteiger partial charge >= 0.3 is 0 Å². The third-order valence-corrected chi connectivity index (χ3v) is 6.19. The Balaban J connectivity index is 1.40. The van der Waals surface area contributed by atoms with Gasteiger partial charge in [0.05, 0.1) is 12.7 Å². The molecule has 0 unspecified atom stereocenters. The second-order valence-corrected chi connectivity index (χ2v) is 7.78. The van der Waals surface area contributed by atoms with Crippen LogP contribution in [0.4, 0.5) is 0 Å². The third kappa shape index (κ3) is 2.65. The van der Waals surface area contributed by atoms with E-state index in [-0.39, 0.29) is 5.91 Å². The molecule has 1 aromatic carbocycles. The number of rotatable bonds is 3. The molecule has 2 saturated heterocycles. The second kappa shape index (κ2) is 6.60. The van der Waals surface area contributed by atoms with Gasteiger partial charge in [0.25, 0.3) is 5.91 Å². The van der Waals surface area contributed by atoms with E-state index in [2.05, 4.69) is 34.3 Å². The first-order valence-electron chi connectivity index (χ1n) is 9.57. The molecular formula is C21H23N5O2. The summed E-state index contributed by atoms with van der Waals surface area (Å²) in [7, 11) is 3.86. The molecule has 2 fully saturated rings. The quantitative estimate of drug-likeness (QED) is 0.700. The van der Waals surface area contributed by atoms with E-state index >= 15 is 0 Å². The first-order valence-corrected chi connectivity index (χ1v) is 9.57. The topological polar surface area (TPSA) is 63.0 Å². The Hall–Kier alpha value is -2.93. The first-order chi connectivity index (χ1) is 13.7. The first kappa shape index (κ1) is 17.2. The zero-order valence-electron chi connectivity index (χ0n) is 16.0. The third-order valence-electron chi connectivity index (χ3n) is 6.19. The van der Waals surface area contributed by atoms with Crippen LogP contribution >= 0.6 is 0 Å². The van der Waals surface area contributed by atoms with Gasteiger partial charge in [-0.25, -0.2) is 0 Å². The van der Waals surface area contributed by atoms with E-state index in [0.717, 1.165) is 25.4 Å². The smallest absolute Gasteiger partial charge is 0.257 e. The predicted octanol–water partition coefficient (Wildman–Crippen LogP) is 2.11. The van der Waals surface area contributed by atoms with E-state index in [0.29, 0.717) is 29.1 Å². The van der Waals surface area contributed by atoms with Crippen molar-refractivity contribution in [2.45, 2.75) is 6.04 Å². The highest BCUT2D eigenvalue weighted by Crippen LogP contribution is 2.44. The molecule has 144 valence electrons. The number of carbonyl (C=O) groups excluding carboxylic acids is 1. The molecule has 0 radical (unpaired) electrons. The van der Waals surface area contributed by atoms with Crippen LogP contribution in [-0.2, 0) is 0 Å². The van der Waals surface area contributed by atoms with Crippen LogP contribution in [0.2, 0.25) is 0 Å². The molecule has 28 heavy (non-hydrogen) atoms. The predicted molar refractivity (Wildman–Crippen MR) is 104 cm³/mol. The number of amides is 1. The molecule has 0 bridgehead atoms. The van der Waals surface area contributed by atoms with Crippen LogP contribution in [0.1, 0.15) is 22.0 Å². The molecule has 7 heteroatoms. The lowest BCUT2D eigenvalue weighted by molar-refractivity contribution is 0.0769. The summed E-state index contributed by atoms with van der Waals surface area (Å²) in [5, 5.41) is 8.05. The minimum absolute atomic E-state index is 0.0455. The second-order valence-electron chi connectivity index (χ2n) is 7.78. The van der Waals surface area contributed by atoms with Gasteiger partial charge in [0.2, 0.25) is 0 Å². The van der Waals surface area contributed by atoms with E-state index in [1.165, 1.54) is 5.56 Å². The van der Waals surface area contributed by atoms with Gasteiger partial charge in [0.15, 0.2) is 5.65 Å². The molecule has 2 aliphatic heterocycles. The van der Waals surface area contributed by atoms with Crippen LogP contribution in [-0.4, -0.2) is 64.1 Å². The lowest BCUT2D eigenvalue weighted by Gasteiger charge is -2.27. The normalized spacial score (nSPS) is 24.6. The number of ether oxygens (including phenoxy) is 1. The lowest BCUT2D eigenvalue weighted by atomic mass is 9.89. The fraction of sp³-hybridized carbons (Fsp3) is 0.381. The van der Waals surface area contributed by atoms with E-state index in [4.69, 9.17) is 4.74 Å².